The number of aromatic nitrogens is 5. The Hall–Kier alpha value is -5.23. The van der Waals surface area contributed by atoms with E-state index in [1.54, 1.807) is 34.2 Å². The van der Waals surface area contributed by atoms with Gasteiger partial charge in [-0.3, -0.25) is 34.5 Å². The van der Waals surface area contributed by atoms with E-state index >= 15 is 0 Å². The number of nitrogens with two attached hydrogens (primary N) is 1. The Labute approximate surface area is 274 Å². The van der Waals surface area contributed by atoms with Gasteiger partial charge in [-0.2, -0.15) is 5.10 Å². The molecular weight excluding hydrogens is 592 g/mol. The zero-order chi connectivity index (χ0) is 33.1. The van der Waals surface area contributed by atoms with Gasteiger partial charge in [-0.15, -0.1) is 0 Å². The highest BCUT2D eigenvalue weighted by Crippen LogP contribution is 2.27. The lowest BCUT2D eigenvalue weighted by molar-refractivity contribution is -0.132. The summed E-state index contributed by atoms with van der Waals surface area (Å²) >= 11 is 0. The molecule has 1 atom stereocenters. The van der Waals surface area contributed by atoms with E-state index in [1.165, 1.54) is 5.57 Å². The maximum absolute atomic E-state index is 13.7. The van der Waals surface area contributed by atoms with Gasteiger partial charge in [0.15, 0.2) is 5.82 Å². The van der Waals surface area contributed by atoms with Crippen molar-refractivity contribution >= 4 is 34.6 Å². The molecule has 1 saturated heterocycles. The number of likely N-dealkylation sites (tertiary alicyclic amines) is 1. The molecule has 12 nitrogen and oxygen atoms in total. The second kappa shape index (κ2) is 13.6. The molecule has 3 N–H and O–H groups in total. The summed E-state index contributed by atoms with van der Waals surface area (Å²) in [5.74, 6) is 0.949. The van der Waals surface area contributed by atoms with Crippen LogP contribution in [0.25, 0.3) is 17.0 Å². The lowest BCUT2D eigenvalue weighted by Crippen LogP contribution is -2.42. The molecule has 5 heterocycles. The van der Waals surface area contributed by atoms with Crippen LogP contribution < -0.4 is 10.6 Å². The molecule has 2 aliphatic rings. The SMILES string of the molecule is CCN(C(=O)[C@@H]1CCN(CC(=O)N2CC=C(c3ccc(-c4ncn(C)n4)cc3)CC2)C1)c1ccc(N)c(C(=N)c2ccc(C)nc2)n1. The summed E-state index contributed by atoms with van der Waals surface area (Å²) in [4.78, 5) is 45.8. The number of carbonyl (C=O) groups excluding carboxylic acids is 2. The van der Waals surface area contributed by atoms with Crippen LogP contribution in [0.3, 0.4) is 0 Å². The first-order chi connectivity index (χ1) is 22.7. The van der Waals surface area contributed by atoms with Crippen molar-refractivity contribution in [3.8, 4) is 11.4 Å². The zero-order valence-electron chi connectivity index (χ0n) is 27.1. The third kappa shape index (κ3) is 6.97. The van der Waals surface area contributed by atoms with E-state index in [0.29, 0.717) is 67.7 Å². The smallest absolute Gasteiger partial charge is 0.237 e. The number of hydrogen-bond donors (Lipinski definition) is 2. The molecule has 0 radical (unpaired) electrons. The highest BCUT2D eigenvalue weighted by atomic mass is 16.2. The van der Waals surface area contributed by atoms with Crippen molar-refractivity contribution in [3.63, 3.8) is 0 Å². The van der Waals surface area contributed by atoms with Crippen molar-refractivity contribution in [2.24, 2.45) is 13.0 Å². The Morgan fingerprint density at radius 3 is 2.49 bits per heavy atom. The number of nitrogens with zero attached hydrogens (tertiary/aromatic N) is 8. The topological polar surface area (TPSA) is 150 Å². The first-order valence-corrected chi connectivity index (χ1v) is 16.0. The normalized spacial score (nSPS) is 16.6. The number of nitrogens with one attached hydrogen (secondary N) is 1. The van der Waals surface area contributed by atoms with Crippen LogP contribution in [0.1, 0.15) is 42.3 Å². The molecule has 0 unspecified atom stereocenters. The predicted molar refractivity (Wildman–Crippen MR) is 182 cm³/mol. The van der Waals surface area contributed by atoms with Crippen LogP contribution >= 0.6 is 0 Å². The van der Waals surface area contributed by atoms with Gasteiger partial charge in [-0.25, -0.2) is 9.97 Å². The third-order valence-electron chi connectivity index (χ3n) is 8.86. The Balaban J connectivity index is 1.04. The number of rotatable bonds is 9. The highest BCUT2D eigenvalue weighted by molar-refractivity contribution is 6.12. The predicted octanol–water partition coefficient (Wildman–Crippen LogP) is 3.57. The number of aryl methyl sites for hydroxylation is 2. The molecule has 3 aromatic heterocycles. The Morgan fingerprint density at radius 1 is 1.04 bits per heavy atom. The van der Waals surface area contributed by atoms with Crippen LogP contribution in [0.15, 0.2) is 67.1 Å². The summed E-state index contributed by atoms with van der Waals surface area (Å²) in [7, 11) is 1.85. The number of benzene rings is 1. The molecule has 2 amide bonds. The van der Waals surface area contributed by atoms with E-state index in [9.17, 15) is 9.59 Å². The van der Waals surface area contributed by atoms with Crippen LogP contribution in [0.2, 0.25) is 0 Å². The first kappa shape index (κ1) is 31.7. The summed E-state index contributed by atoms with van der Waals surface area (Å²) in [5.41, 5.74) is 11.8. The fourth-order valence-corrected chi connectivity index (χ4v) is 6.15. The van der Waals surface area contributed by atoms with Crippen LogP contribution in [0.5, 0.6) is 0 Å². The fraction of sp³-hybridized carbons (Fsp3) is 0.343. The highest BCUT2D eigenvalue weighted by Gasteiger charge is 2.34. The number of pyridine rings is 2. The molecule has 4 aromatic rings. The summed E-state index contributed by atoms with van der Waals surface area (Å²) in [6.45, 7) is 6.93. The van der Waals surface area contributed by atoms with E-state index in [-0.39, 0.29) is 30.0 Å². The molecule has 0 saturated carbocycles. The average molecular weight is 633 g/mol. The Kier molecular flexibility index (Phi) is 9.21. The molecule has 0 spiro atoms. The maximum Gasteiger partial charge on any atom is 0.237 e. The molecule has 47 heavy (non-hydrogen) atoms. The molecule has 12 heteroatoms. The van der Waals surface area contributed by atoms with Crippen molar-refractivity contribution in [1.29, 1.82) is 5.41 Å². The second-order valence-corrected chi connectivity index (χ2v) is 12.1. The largest absolute Gasteiger partial charge is 0.397 e. The minimum absolute atomic E-state index is 0.0374. The lowest BCUT2D eigenvalue weighted by atomic mass is 9.98. The summed E-state index contributed by atoms with van der Waals surface area (Å²) in [6.07, 6.45) is 6.90. The van der Waals surface area contributed by atoms with Gasteiger partial charge in [0.1, 0.15) is 17.8 Å². The molecule has 0 bridgehead atoms. The number of nitrogen functional groups attached to an aromatic ring is 1. The molecule has 1 aromatic carbocycles. The number of amides is 2. The van der Waals surface area contributed by atoms with Gasteiger partial charge < -0.3 is 10.6 Å². The van der Waals surface area contributed by atoms with Gasteiger partial charge in [0.25, 0.3) is 0 Å². The molecule has 242 valence electrons. The van der Waals surface area contributed by atoms with Crippen molar-refractivity contribution < 1.29 is 9.59 Å². The number of anilines is 2. The molecule has 1 fully saturated rings. The Morgan fingerprint density at radius 2 is 1.83 bits per heavy atom. The van der Waals surface area contributed by atoms with Crippen molar-refractivity contribution in [3.05, 3.63) is 89.6 Å². The Bertz CT molecular complexity index is 1810. The number of hydrogen-bond acceptors (Lipinski definition) is 9. The summed E-state index contributed by atoms with van der Waals surface area (Å²) in [6, 6.07) is 15.3. The lowest BCUT2D eigenvalue weighted by Gasteiger charge is -2.29. The number of carbonyl (C=O) groups is 2. The van der Waals surface area contributed by atoms with Gasteiger partial charge in [0.05, 0.1) is 23.9 Å². The molecule has 6 rings (SSSR count). The monoisotopic (exact) mass is 632 g/mol. The van der Waals surface area contributed by atoms with Crippen LogP contribution in [0, 0.1) is 18.3 Å². The van der Waals surface area contributed by atoms with E-state index in [2.05, 4.69) is 43.2 Å². The summed E-state index contributed by atoms with van der Waals surface area (Å²) in [5, 5.41) is 13.0. The first-order valence-electron chi connectivity index (χ1n) is 16.0. The van der Waals surface area contributed by atoms with E-state index in [0.717, 1.165) is 23.2 Å². The van der Waals surface area contributed by atoms with Gasteiger partial charge in [-0.05, 0) is 68.6 Å². The molecule has 2 aliphatic heterocycles. The minimum atomic E-state index is -0.247. The van der Waals surface area contributed by atoms with E-state index < -0.39 is 0 Å². The van der Waals surface area contributed by atoms with Gasteiger partial charge >= 0.3 is 0 Å². The fourth-order valence-electron chi connectivity index (χ4n) is 6.15. The van der Waals surface area contributed by atoms with Crippen molar-refractivity contribution in [2.45, 2.75) is 26.7 Å². The van der Waals surface area contributed by atoms with Crippen molar-refractivity contribution in [1.82, 2.24) is 34.5 Å². The van der Waals surface area contributed by atoms with Crippen LogP contribution in [-0.4, -0.2) is 91.3 Å². The second-order valence-electron chi connectivity index (χ2n) is 12.1. The molecule has 0 aliphatic carbocycles. The average Bonchev–Trinajstić information content (AvgIpc) is 3.75. The van der Waals surface area contributed by atoms with Gasteiger partial charge in [0, 0.05) is 56.2 Å². The van der Waals surface area contributed by atoms with Gasteiger partial charge in [0.2, 0.25) is 11.8 Å². The third-order valence-corrected chi connectivity index (χ3v) is 8.86. The van der Waals surface area contributed by atoms with E-state index in [1.807, 2.05) is 50.1 Å². The van der Waals surface area contributed by atoms with Crippen LogP contribution in [-0.2, 0) is 16.6 Å². The van der Waals surface area contributed by atoms with Crippen LogP contribution in [0.4, 0.5) is 11.5 Å². The quantitative estimate of drug-likeness (QED) is 0.266. The van der Waals surface area contributed by atoms with Gasteiger partial charge in [-0.1, -0.05) is 30.3 Å². The van der Waals surface area contributed by atoms with Crippen molar-refractivity contribution in [2.75, 3.05) is 49.9 Å². The standard InChI is InChI=1S/C35H40N10O2/c1-4-45(30-12-11-29(36)33(40-30)32(37)27-6-5-23(2)38-19-27)35(47)28-13-16-43(20-28)21-31(46)44-17-14-25(15-18-44)24-7-9-26(10-8-24)34-39-22-42(3)41-34/h5-12,14,19,22,28,37H,4,13,15-18,20-21,36H2,1-3H3/t28-/m1/s1. The maximum atomic E-state index is 13.7. The minimum Gasteiger partial charge on any atom is -0.397 e. The molecular formula is C35H40N10O2. The van der Waals surface area contributed by atoms with E-state index in [4.69, 9.17) is 11.1 Å². The zero-order valence-corrected chi connectivity index (χ0v) is 27.1. The summed E-state index contributed by atoms with van der Waals surface area (Å²) < 4.78 is 1.69.